The number of hydrogen-bond acceptors (Lipinski definition) is 1. The van der Waals surface area contributed by atoms with Crippen LogP contribution in [0.15, 0.2) is 67.0 Å². The van der Waals surface area contributed by atoms with Crippen molar-refractivity contribution in [3.63, 3.8) is 0 Å². The van der Waals surface area contributed by atoms with E-state index >= 15 is 0 Å². The lowest BCUT2D eigenvalue weighted by Gasteiger charge is -2.00. The molecule has 0 aliphatic rings. The SMILES string of the molecule is c1ccc(-n2cc3sc4ccccc4c3c2)cc1. The third-order valence-corrected chi connectivity index (χ3v) is 4.36. The minimum absolute atomic E-state index is 1.21. The predicted octanol–water partition coefficient (Wildman–Crippen LogP) is 4.85. The van der Waals surface area contributed by atoms with E-state index in [0.29, 0.717) is 0 Å². The maximum Gasteiger partial charge on any atom is 0.0536 e. The van der Waals surface area contributed by atoms with E-state index in [1.807, 2.05) is 17.4 Å². The number of para-hydroxylation sites is 1. The molecule has 0 fully saturated rings. The largest absolute Gasteiger partial charge is 0.322 e. The van der Waals surface area contributed by atoms with Crippen LogP contribution in [0.25, 0.3) is 25.9 Å². The fourth-order valence-corrected chi connectivity index (χ4v) is 3.48. The van der Waals surface area contributed by atoms with Gasteiger partial charge in [-0.15, -0.1) is 11.3 Å². The molecule has 1 nitrogen and oxygen atoms in total. The average molecular weight is 249 g/mol. The highest BCUT2D eigenvalue weighted by atomic mass is 32.1. The van der Waals surface area contributed by atoms with E-state index in [9.17, 15) is 0 Å². The van der Waals surface area contributed by atoms with Crippen molar-refractivity contribution < 1.29 is 0 Å². The Kier molecular flexibility index (Phi) is 2.05. The van der Waals surface area contributed by atoms with Crippen molar-refractivity contribution in [1.82, 2.24) is 4.57 Å². The Morgan fingerprint density at radius 3 is 2.33 bits per heavy atom. The number of rotatable bonds is 1. The topological polar surface area (TPSA) is 4.93 Å². The van der Waals surface area contributed by atoms with Gasteiger partial charge in [-0.1, -0.05) is 36.4 Å². The van der Waals surface area contributed by atoms with E-state index < -0.39 is 0 Å². The van der Waals surface area contributed by atoms with Gasteiger partial charge in [0.05, 0.1) is 4.70 Å². The molecule has 0 bridgehead atoms. The van der Waals surface area contributed by atoms with Gasteiger partial charge in [-0.2, -0.15) is 0 Å². The molecule has 2 heterocycles. The average Bonchev–Trinajstić information content (AvgIpc) is 2.97. The van der Waals surface area contributed by atoms with Crippen LogP contribution < -0.4 is 0 Å². The number of aromatic nitrogens is 1. The maximum atomic E-state index is 2.23. The van der Waals surface area contributed by atoms with Gasteiger partial charge in [0.25, 0.3) is 0 Å². The van der Waals surface area contributed by atoms with Crippen LogP contribution in [-0.4, -0.2) is 4.57 Å². The summed E-state index contributed by atoms with van der Waals surface area (Å²) in [6, 6.07) is 19.0. The number of fused-ring (bicyclic) bond motifs is 3. The van der Waals surface area contributed by atoms with E-state index in [4.69, 9.17) is 0 Å². The van der Waals surface area contributed by atoms with E-state index in [-0.39, 0.29) is 0 Å². The smallest absolute Gasteiger partial charge is 0.0536 e. The molecule has 0 saturated carbocycles. The molecular formula is C16H11NS. The van der Waals surface area contributed by atoms with Crippen molar-refractivity contribution in [2.45, 2.75) is 0 Å². The minimum atomic E-state index is 1.21. The Bertz CT molecular complexity index is 824. The van der Waals surface area contributed by atoms with Crippen LogP contribution in [0.3, 0.4) is 0 Å². The van der Waals surface area contributed by atoms with Gasteiger partial charge in [0.2, 0.25) is 0 Å². The Morgan fingerprint density at radius 2 is 1.44 bits per heavy atom. The molecule has 0 aliphatic heterocycles. The van der Waals surface area contributed by atoms with E-state index in [2.05, 4.69) is 65.5 Å². The fourth-order valence-electron chi connectivity index (χ4n) is 2.37. The normalized spacial score (nSPS) is 11.3. The Balaban J connectivity index is 2.00. The lowest BCUT2D eigenvalue weighted by atomic mass is 10.2. The van der Waals surface area contributed by atoms with E-state index in [1.165, 1.54) is 25.9 Å². The van der Waals surface area contributed by atoms with E-state index in [1.54, 1.807) is 0 Å². The number of thiophene rings is 1. The second-order valence-corrected chi connectivity index (χ2v) is 5.46. The molecule has 0 unspecified atom stereocenters. The monoisotopic (exact) mass is 249 g/mol. The molecule has 2 aromatic heterocycles. The lowest BCUT2D eigenvalue weighted by Crippen LogP contribution is -1.87. The van der Waals surface area contributed by atoms with Crippen molar-refractivity contribution >= 4 is 31.5 Å². The Morgan fingerprint density at radius 1 is 0.667 bits per heavy atom. The van der Waals surface area contributed by atoms with Crippen molar-refractivity contribution in [3.8, 4) is 5.69 Å². The van der Waals surface area contributed by atoms with Gasteiger partial charge in [0, 0.05) is 33.6 Å². The van der Waals surface area contributed by atoms with Crippen LogP contribution >= 0.6 is 11.3 Å². The van der Waals surface area contributed by atoms with Gasteiger partial charge >= 0.3 is 0 Å². The standard InChI is InChI=1S/C16H11NS/c1-2-6-12(7-3-1)17-10-14-13-8-4-5-9-15(13)18-16(14)11-17/h1-11H. The molecule has 4 aromatic rings. The fraction of sp³-hybridized carbons (Fsp3) is 0. The Hall–Kier alpha value is -2.06. The van der Waals surface area contributed by atoms with Crippen molar-refractivity contribution in [2.24, 2.45) is 0 Å². The lowest BCUT2D eigenvalue weighted by molar-refractivity contribution is 1.09. The predicted molar refractivity (Wildman–Crippen MR) is 78.7 cm³/mol. The van der Waals surface area contributed by atoms with Crippen LogP contribution in [0, 0.1) is 0 Å². The molecule has 0 saturated heterocycles. The summed E-state index contributed by atoms with van der Waals surface area (Å²) in [4.78, 5) is 0. The zero-order valence-electron chi connectivity index (χ0n) is 9.71. The summed E-state index contributed by atoms with van der Waals surface area (Å²) in [5.41, 5.74) is 1.21. The highest BCUT2D eigenvalue weighted by Gasteiger charge is 2.07. The first-order valence-electron chi connectivity index (χ1n) is 5.96. The van der Waals surface area contributed by atoms with Crippen molar-refractivity contribution in [3.05, 3.63) is 67.0 Å². The molecule has 2 heteroatoms. The van der Waals surface area contributed by atoms with Crippen molar-refractivity contribution in [1.29, 1.82) is 0 Å². The summed E-state index contributed by atoms with van der Waals surface area (Å²) in [7, 11) is 0. The summed E-state index contributed by atoms with van der Waals surface area (Å²) in [5, 5.41) is 2.70. The summed E-state index contributed by atoms with van der Waals surface area (Å²) in [6.07, 6.45) is 4.44. The molecule has 86 valence electrons. The first-order chi connectivity index (χ1) is 8.92. The molecule has 0 amide bonds. The number of nitrogens with zero attached hydrogens (tertiary/aromatic N) is 1. The van der Waals surface area contributed by atoms with Crippen molar-refractivity contribution in [2.75, 3.05) is 0 Å². The zero-order valence-corrected chi connectivity index (χ0v) is 10.5. The summed E-state index contributed by atoms with van der Waals surface area (Å²) in [5.74, 6) is 0. The molecule has 2 aromatic carbocycles. The Labute approximate surface area is 109 Å². The first kappa shape index (κ1) is 9.92. The quantitative estimate of drug-likeness (QED) is 0.454. The van der Waals surface area contributed by atoms with E-state index in [0.717, 1.165) is 0 Å². The van der Waals surface area contributed by atoms with Gasteiger partial charge in [-0.05, 0) is 18.2 Å². The second kappa shape index (κ2) is 3.72. The van der Waals surface area contributed by atoms with Crippen LogP contribution in [0.1, 0.15) is 0 Å². The van der Waals surface area contributed by atoms with Gasteiger partial charge in [0.15, 0.2) is 0 Å². The van der Waals surface area contributed by atoms with Gasteiger partial charge in [-0.3, -0.25) is 0 Å². The van der Waals surface area contributed by atoms with Crippen LogP contribution in [0.5, 0.6) is 0 Å². The third kappa shape index (κ3) is 1.39. The van der Waals surface area contributed by atoms with Crippen LogP contribution in [0.4, 0.5) is 0 Å². The second-order valence-electron chi connectivity index (χ2n) is 4.38. The van der Waals surface area contributed by atoms with Gasteiger partial charge < -0.3 is 4.57 Å². The van der Waals surface area contributed by atoms with Crippen LogP contribution in [-0.2, 0) is 0 Å². The highest BCUT2D eigenvalue weighted by Crippen LogP contribution is 2.34. The molecule has 0 N–H and O–H groups in total. The number of hydrogen-bond donors (Lipinski definition) is 0. The third-order valence-electron chi connectivity index (χ3n) is 3.24. The summed E-state index contributed by atoms with van der Waals surface area (Å²) in [6.45, 7) is 0. The molecule has 0 spiro atoms. The number of benzene rings is 2. The zero-order chi connectivity index (χ0) is 11.9. The highest BCUT2D eigenvalue weighted by molar-refractivity contribution is 7.25. The molecule has 0 atom stereocenters. The van der Waals surface area contributed by atoms with Gasteiger partial charge in [0.1, 0.15) is 0 Å². The van der Waals surface area contributed by atoms with Crippen LogP contribution in [0.2, 0.25) is 0 Å². The minimum Gasteiger partial charge on any atom is -0.322 e. The molecule has 0 aliphatic carbocycles. The van der Waals surface area contributed by atoms with Gasteiger partial charge in [-0.25, -0.2) is 0 Å². The first-order valence-corrected chi connectivity index (χ1v) is 6.78. The molecule has 4 rings (SSSR count). The molecular weight excluding hydrogens is 238 g/mol. The summed E-state index contributed by atoms with van der Waals surface area (Å²) < 4.78 is 4.91. The maximum absolute atomic E-state index is 2.23. The summed E-state index contributed by atoms with van der Waals surface area (Å²) >= 11 is 1.86. The molecule has 18 heavy (non-hydrogen) atoms. The molecule has 0 radical (unpaired) electrons.